The number of carbonyl (C=O) groups is 2. The summed E-state index contributed by atoms with van der Waals surface area (Å²) in [7, 11) is 0. The molecule has 2 rings (SSSR count). The molecule has 0 N–H and O–H groups in total. The van der Waals surface area contributed by atoms with E-state index in [9.17, 15) is 18.4 Å². The number of hydrogen-bond donors (Lipinski definition) is 0. The van der Waals surface area contributed by atoms with Crippen LogP contribution in [0, 0.1) is 17.6 Å². The first kappa shape index (κ1) is 13.1. The van der Waals surface area contributed by atoms with Crippen LogP contribution in [0.2, 0.25) is 0 Å². The minimum atomic E-state index is -0.883. The van der Waals surface area contributed by atoms with Crippen molar-refractivity contribution in [2.45, 2.75) is 6.92 Å². The molecule has 0 bridgehead atoms. The van der Waals surface area contributed by atoms with Gasteiger partial charge in [-0.25, -0.2) is 8.78 Å². The monoisotopic (exact) mass is 317 g/mol. The van der Waals surface area contributed by atoms with Crippen molar-refractivity contribution in [2.75, 3.05) is 16.8 Å². The summed E-state index contributed by atoms with van der Waals surface area (Å²) >= 11 is 3.25. The van der Waals surface area contributed by atoms with Crippen LogP contribution >= 0.6 is 15.9 Å². The summed E-state index contributed by atoms with van der Waals surface area (Å²) in [5, 5.41) is 0.614. The molecule has 1 aromatic carbocycles. The van der Waals surface area contributed by atoms with Crippen molar-refractivity contribution < 1.29 is 18.4 Å². The van der Waals surface area contributed by atoms with Crippen LogP contribution in [0.4, 0.5) is 14.5 Å². The lowest BCUT2D eigenvalue weighted by Crippen LogP contribution is -2.34. The molecule has 0 fully saturated rings. The smallest absolute Gasteiger partial charge is 0.299 e. The molecule has 0 saturated heterocycles. The summed E-state index contributed by atoms with van der Waals surface area (Å²) in [5.41, 5.74) is -0.307. The van der Waals surface area contributed by atoms with E-state index in [0.29, 0.717) is 11.4 Å². The minimum Gasteiger partial charge on any atom is -0.302 e. The Labute approximate surface area is 111 Å². The molecule has 1 unspecified atom stereocenters. The van der Waals surface area contributed by atoms with Gasteiger partial charge in [0.05, 0.1) is 11.3 Å². The molecule has 1 aliphatic rings. The first-order valence-corrected chi connectivity index (χ1v) is 6.49. The number of fused-ring (bicyclic) bond motifs is 1. The van der Waals surface area contributed by atoms with Gasteiger partial charge in [-0.3, -0.25) is 9.59 Å². The largest absolute Gasteiger partial charge is 0.302 e. The molecule has 18 heavy (non-hydrogen) atoms. The molecule has 1 heterocycles. The zero-order valence-corrected chi connectivity index (χ0v) is 11.1. The Kier molecular flexibility index (Phi) is 3.47. The number of carbonyl (C=O) groups excluding carboxylic acids is 2. The van der Waals surface area contributed by atoms with Gasteiger partial charge < -0.3 is 4.90 Å². The maximum Gasteiger partial charge on any atom is 0.299 e. The van der Waals surface area contributed by atoms with Crippen LogP contribution in [0.25, 0.3) is 0 Å². The third-order valence-electron chi connectivity index (χ3n) is 2.74. The first-order chi connectivity index (χ1) is 8.45. The van der Waals surface area contributed by atoms with Gasteiger partial charge in [-0.1, -0.05) is 22.9 Å². The van der Waals surface area contributed by atoms with E-state index >= 15 is 0 Å². The van der Waals surface area contributed by atoms with Gasteiger partial charge in [-0.05, 0) is 12.0 Å². The second kappa shape index (κ2) is 4.76. The highest BCUT2D eigenvalue weighted by Crippen LogP contribution is 2.33. The van der Waals surface area contributed by atoms with Crippen molar-refractivity contribution in [1.29, 1.82) is 0 Å². The lowest BCUT2D eigenvalue weighted by molar-refractivity contribution is -0.114. The molecule has 0 saturated carbocycles. The molecule has 1 amide bonds. The average Bonchev–Trinajstić information content (AvgIpc) is 2.54. The highest BCUT2D eigenvalue weighted by atomic mass is 79.9. The topological polar surface area (TPSA) is 37.4 Å². The minimum absolute atomic E-state index is 0.0529. The maximum atomic E-state index is 13.7. The molecular weight excluding hydrogens is 308 g/mol. The van der Waals surface area contributed by atoms with Crippen LogP contribution in [0.15, 0.2) is 12.1 Å². The van der Waals surface area contributed by atoms with E-state index in [2.05, 4.69) is 15.9 Å². The fourth-order valence-corrected chi connectivity index (χ4v) is 2.09. The Hall–Kier alpha value is -1.30. The number of Topliss-reactive ketones (excluding diaryl/α,β-unsaturated/α-hetero) is 1. The Morgan fingerprint density at radius 3 is 2.61 bits per heavy atom. The lowest BCUT2D eigenvalue weighted by atomic mass is 10.1. The van der Waals surface area contributed by atoms with Crippen molar-refractivity contribution in [3.05, 3.63) is 29.3 Å². The van der Waals surface area contributed by atoms with Crippen LogP contribution < -0.4 is 4.90 Å². The predicted octanol–water partition coefficient (Wildman–Crippen LogP) is 2.53. The number of anilines is 1. The molecule has 0 spiro atoms. The van der Waals surface area contributed by atoms with Crippen molar-refractivity contribution in [3.8, 4) is 0 Å². The van der Waals surface area contributed by atoms with Gasteiger partial charge in [-0.15, -0.1) is 0 Å². The van der Waals surface area contributed by atoms with Crippen molar-refractivity contribution in [3.63, 3.8) is 0 Å². The first-order valence-electron chi connectivity index (χ1n) is 5.37. The third-order valence-corrected chi connectivity index (χ3v) is 3.85. The molecule has 0 radical (unpaired) electrons. The number of halogens is 3. The fraction of sp³-hybridized carbons (Fsp3) is 0.333. The normalized spacial score (nSPS) is 16.1. The molecule has 1 aromatic rings. The van der Waals surface area contributed by atoms with Crippen molar-refractivity contribution in [1.82, 2.24) is 0 Å². The van der Waals surface area contributed by atoms with E-state index in [4.69, 9.17) is 0 Å². The van der Waals surface area contributed by atoms with Gasteiger partial charge in [-0.2, -0.15) is 0 Å². The maximum absolute atomic E-state index is 13.7. The number of hydrogen-bond acceptors (Lipinski definition) is 2. The summed E-state index contributed by atoms with van der Waals surface area (Å²) in [6.45, 7) is 2.07. The van der Waals surface area contributed by atoms with Crippen LogP contribution in [-0.4, -0.2) is 23.6 Å². The summed E-state index contributed by atoms with van der Waals surface area (Å²) in [6.07, 6.45) is 0. The molecule has 96 valence electrons. The highest BCUT2D eigenvalue weighted by Gasteiger charge is 2.39. The van der Waals surface area contributed by atoms with Gasteiger partial charge in [0.15, 0.2) is 5.82 Å². The number of ketones is 1. The van der Waals surface area contributed by atoms with Gasteiger partial charge in [0.2, 0.25) is 0 Å². The predicted molar refractivity (Wildman–Crippen MR) is 66.0 cm³/mol. The molecule has 0 aromatic heterocycles. The Morgan fingerprint density at radius 2 is 2.00 bits per heavy atom. The summed E-state index contributed by atoms with van der Waals surface area (Å²) in [5.74, 6) is -3.35. The second-order valence-electron chi connectivity index (χ2n) is 4.29. The SMILES string of the molecule is CC(CBr)CN1C(=O)C(=O)c2cc(F)cc(F)c21. The number of amides is 1. The van der Waals surface area contributed by atoms with Gasteiger partial charge >= 0.3 is 0 Å². The van der Waals surface area contributed by atoms with Gasteiger partial charge in [0, 0.05) is 17.9 Å². The number of alkyl halides is 1. The molecule has 6 heteroatoms. The van der Waals surface area contributed by atoms with Crippen molar-refractivity contribution >= 4 is 33.3 Å². The van der Waals surface area contributed by atoms with Gasteiger partial charge in [0.25, 0.3) is 11.7 Å². The Morgan fingerprint density at radius 1 is 1.33 bits per heavy atom. The number of benzene rings is 1. The average molecular weight is 318 g/mol. The molecular formula is C12H10BrF2NO2. The fourth-order valence-electron chi connectivity index (χ4n) is 1.89. The third kappa shape index (κ3) is 2.05. The van der Waals surface area contributed by atoms with E-state index in [1.165, 1.54) is 0 Å². The summed E-state index contributed by atoms with van der Waals surface area (Å²) in [6, 6.07) is 1.58. The van der Waals surface area contributed by atoms with Gasteiger partial charge in [0.1, 0.15) is 5.82 Å². The molecule has 1 aliphatic heterocycles. The van der Waals surface area contributed by atoms with Crippen LogP contribution in [0.1, 0.15) is 17.3 Å². The summed E-state index contributed by atoms with van der Waals surface area (Å²) in [4.78, 5) is 24.5. The van der Waals surface area contributed by atoms with Crippen LogP contribution in [0.3, 0.4) is 0 Å². The standard InChI is InChI=1S/C12H10BrF2NO2/c1-6(4-13)5-16-10-8(11(17)12(16)18)2-7(14)3-9(10)15/h2-3,6H,4-5H2,1H3. The van der Waals surface area contributed by atoms with Crippen LogP contribution in [-0.2, 0) is 4.79 Å². The number of rotatable bonds is 3. The molecule has 0 aliphatic carbocycles. The second-order valence-corrected chi connectivity index (χ2v) is 4.94. The van der Waals surface area contributed by atoms with E-state index < -0.39 is 23.3 Å². The molecule has 1 atom stereocenters. The quantitative estimate of drug-likeness (QED) is 0.634. The zero-order chi connectivity index (χ0) is 13.4. The Balaban J connectivity index is 2.48. The van der Waals surface area contributed by atoms with E-state index in [-0.39, 0.29) is 23.7 Å². The van der Waals surface area contributed by atoms with Crippen molar-refractivity contribution in [2.24, 2.45) is 5.92 Å². The summed E-state index contributed by atoms with van der Waals surface area (Å²) < 4.78 is 26.8. The Bertz CT molecular complexity index is 533. The van der Waals surface area contributed by atoms with E-state index in [0.717, 1.165) is 11.0 Å². The van der Waals surface area contributed by atoms with E-state index in [1.54, 1.807) is 0 Å². The molecule has 3 nitrogen and oxygen atoms in total. The van der Waals surface area contributed by atoms with Crippen LogP contribution in [0.5, 0.6) is 0 Å². The zero-order valence-electron chi connectivity index (χ0n) is 9.54. The number of nitrogens with zero attached hydrogens (tertiary/aromatic N) is 1. The van der Waals surface area contributed by atoms with E-state index in [1.807, 2.05) is 6.92 Å². The lowest BCUT2D eigenvalue weighted by Gasteiger charge is -2.20. The highest BCUT2D eigenvalue weighted by molar-refractivity contribution is 9.09.